The van der Waals surface area contributed by atoms with Crippen LogP contribution >= 0.6 is 0 Å². The van der Waals surface area contributed by atoms with Gasteiger partial charge in [-0.25, -0.2) is 0 Å². The van der Waals surface area contributed by atoms with Crippen molar-refractivity contribution in [2.24, 2.45) is 0 Å². The lowest BCUT2D eigenvalue weighted by Gasteiger charge is -2.22. The Labute approximate surface area is 419 Å². The van der Waals surface area contributed by atoms with E-state index in [0.717, 1.165) is 44.9 Å². The monoisotopic (exact) mass is 946 g/mol. The van der Waals surface area contributed by atoms with E-state index < -0.39 is 12.1 Å². The zero-order chi connectivity index (χ0) is 48.6. The van der Waals surface area contributed by atoms with Crippen LogP contribution < -0.4 is 5.32 Å². The maximum Gasteiger partial charge on any atom is 0.305 e. The number of allylic oxidation sites excluding steroid dienone is 2. The number of rotatable bonds is 57. The lowest BCUT2D eigenvalue weighted by molar-refractivity contribution is -0.143. The number of hydrogen-bond donors (Lipinski definition) is 3. The van der Waals surface area contributed by atoms with Crippen molar-refractivity contribution in [1.29, 1.82) is 0 Å². The van der Waals surface area contributed by atoms with Crippen LogP contribution in [0.5, 0.6) is 0 Å². The van der Waals surface area contributed by atoms with Gasteiger partial charge in [-0.3, -0.25) is 9.59 Å². The fraction of sp³-hybridized carbons (Fsp3) is 0.934. The smallest absolute Gasteiger partial charge is 0.305 e. The van der Waals surface area contributed by atoms with Crippen molar-refractivity contribution in [2.45, 2.75) is 353 Å². The third kappa shape index (κ3) is 53.8. The van der Waals surface area contributed by atoms with Crippen molar-refractivity contribution in [3.05, 3.63) is 12.2 Å². The molecule has 0 saturated carbocycles. The highest BCUT2D eigenvalue weighted by Gasteiger charge is 2.20. The highest BCUT2D eigenvalue weighted by molar-refractivity contribution is 5.76. The lowest BCUT2D eigenvalue weighted by Crippen LogP contribution is -2.45. The van der Waals surface area contributed by atoms with Crippen molar-refractivity contribution in [3.8, 4) is 0 Å². The van der Waals surface area contributed by atoms with Crippen molar-refractivity contribution < 1.29 is 24.5 Å². The largest absolute Gasteiger partial charge is 0.466 e. The fourth-order valence-electron chi connectivity index (χ4n) is 9.64. The summed E-state index contributed by atoms with van der Waals surface area (Å²) in [4.78, 5) is 24.5. The first-order chi connectivity index (χ1) is 33.0. The van der Waals surface area contributed by atoms with Gasteiger partial charge in [0.05, 0.1) is 25.4 Å². The molecule has 0 spiro atoms. The predicted octanol–water partition coefficient (Wildman–Crippen LogP) is 18.9. The predicted molar refractivity (Wildman–Crippen MR) is 292 cm³/mol. The average molecular weight is 947 g/mol. The van der Waals surface area contributed by atoms with Gasteiger partial charge in [-0.05, 0) is 51.4 Å². The number of ether oxygens (including phenoxy) is 1. The van der Waals surface area contributed by atoms with E-state index in [4.69, 9.17) is 4.74 Å². The molecule has 0 aromatic carbocycles. The molecule has 0 heterocycles. The molecule has 0 radical (unpaired) electrons. The van der Waals surface area contributed by atoms with Crippen molar-refractivity contribution in [3.63, 3.8) is 0 Å². The summed E-state index contributed by atoms with van der Waals surface area (Å²) in [6.07, 6.45) is 67.8. The summed E-state index contributed by atoms with van der Waals surface area (Å²) in [6, 6.07) is -0.542. The summed E-state index contributed by atoms with van der Waals surface area (Å²) in [5.41, 5.74) is 0. The van der Waals surface area contributed by atoms with Crippen LogP contribution in [0.4, 0.5) is 0 Å². The first-order valence-electron chi connectivity index (χ1n) is 30.4. The molecule has 0 aromatic rings. The number of carbonyl (C=O) groups is 2. The molecule has 0 aliphatic carbocycles. The van der Waals surface area contributed by atoms with E-state index in [1.54, 1.807) is 0 Å². The molecule has 6 nitrogen and oxygen atoms in total. The van der Waals surface area contributed by atoms with Gasteiger partial charge in [-0.2, -0.15) is 0 Å². The Kier molecular flexibility index (Phi) is 56.0. The molecule has 0 aliphatic heterocycles. The third-order valence-corrected chi connectivity index (χ3v) is 14.3. The van der Waals surface area contributed by atoms with Gasteiger partial charge in [0, 0.05) is 12.8 Å². The highest BCUT2D eigenvalue weighted by Crippen LogP contribution is 2.18. The van der Waals surface area contributed by atoms with Gasteiger partial charge < -0.3 is 20.3 Å². The van der Waals surface area contributed by atoms with E-state index in [-0.39, 0.29) is 18.5 Å². The van der Waals surface area contributed by atoms with E-state index in [2.05, 4.69) is 31.3 Å². The molecule has 1 amide bonds. The molecular formula is C61H119NO5. The number of hydrogen-bond acceptors (Lipinski definition) is 5. The van der Waals surface area contributed by atoms with Gasteiger partial charge in [-0.15, -0.1) is 0 Å². The summed E-state index contributed by atoms with van der Waals surface area (Å²) in [5.74, 6) is -0.0305. The number of aliphatic hydroxyl groups excluding tert-OH is 2. The Morgan fingerprint density at radius 1 is 0.403 bits per heavy atom. The Morgan fingerprint density at radius 2 is 0.701 bits per heavy atom. The second-order valence-corrected chi connectivity index (χ2v) is 21.0. The molecule has 67 heavy (non-hydrogen) atoms. The molecule has 0 bridgehead atoms. The van der Waals surface area contributed by atoms with Gasteiger partial charge in [-0.1, -0.05) is 289 Å². The molecule has 0 rings (SSSR count). The van der Waals surface area contributed by atoms with E-state index in [9.17, 15) is 19.8 Å². The van der Waals surface area contributed by atoms with Crippen molar-refractivity contribution in [1.82, 2.24) is 5.32 Å². The van der Waals surface area contributed by atoms with Gasteiger partial charge in [0.1, 0.15) is 0 Å². The number of aliphatic hydroxyl groups is 2. The van der Waals surface area contributed by atoms with Crippen LogP contribution in [-0.2, 0) is 14.3 Å². The number of nitrogens with one attached hydrogen (secondary N) is 1. The molecule has 2 unspecified atom stereocenters. The molecule has 0 aliphatic rings. The second kappa shape index (κ2) is 57.2. The number of esters is 1. The molecule has 0 saturated heterocycles. The average Bonchev–Trinajstić information content (AvgIpc) is 3.33. The first-order valence-corrected chi connectivity index (χ1v) is 30.4. The van der Waals surface area contributed by atoms with Crippen LogP contribution in [0.15, 0.2) is 12.2 Å². The standard InChI is InChI=1S/C61H119NO5/c1-3-5-7-9-11-13-15-17-18-24-27-30-33-37-41-45-49-53-59(64)58(57-63)62-60(65)54-50-46-42-38-34-31-28-25-22-20-19-21-23-26-29-32-36-40-44-48-52-56-67-61(66)55-51-47-43-39-35-16-14-12-10-8-6-4-2/h12,14,58-59,63-64H,3-11,13,15-57H2,1-2H3,(H,62,65)/b14-12-. The highest BCUT2D eigenvalue weighted by atomic mass is 16.5. The van der Waals surface area contributed by atoms with Gasteiger partial charge in [0.25, 0.3) is 0 Å². The van der Waals surface area contributed by atoms with Gasteiger partial charge in [0.2, 0.25) is 5.91 Å². The van der Waals surface area contributed by atoms with Crippen molar-refractivity contribution in [2.75, 3.05) is 13.2 Å². The van der Waals surface area contributed by atoms with E-state index in [1.807, 2.05) is 0 Å². The number of unbranched alkanes of at least 4 members (excludes halogenated alkanes) is 44. The SMILES string of the molecule is CCCCC/C=C\CCCCCCCC(=O)OCCCCCCCCCCCCCCCCCCCCCCCC(=O)NC(CO)C(O)CCCCCCCCCCCCCCCCCCC. The fourth-order valence-corrected chi connectivity index (χ4v) is 9.64. The second-order valence-electron chi connectivity index (χ2n) is 21.0. The molecule has 3 N–H and O–H groups in total. The summed E-state index contributed by atoms with van der Waals surface area (Å²) < 4.78 is 5.46. The van der Waals surface area contributed by atoms with E-state index in [0.29, 0.717) is 25.9 Å². The topological polar surface area (TPSA) is 95.9 Å². The molecular weight excluding hydrogens is 827 g/mol. The normalized spacial score (nSPS) is 12.6. The molecule has 6 heteroatoms. The minimum atomic E-state index is -0.664. The lowest BCUT2D eigenvalue weighted by atomic mass is 10.0. The Bertz CT molecular complexity index is 1000. The van der Waals surface area contributed by atoms with Crippen LogP contribution in [0.1, 0.15) is 341 Å². The van der Waals surface area contributed by atoms with Gasteiger partial charge >= 0.3 is 5.97 Å². The number of amides is 1. The van der Waals surface area contributed by atoms with E-state index >= 15 is 0 Å². The molecule has 2 atom stereocenters. The summed E-state index contributed by atoms with van der Waals surface area (Å²) >= 11 is 0. The van der Waals surface area contributed by atoms with Crippen LogP contribution in [0.25, 0.3) is 0 Å². The maximum absolute atomic E-state index is 12.5. The third-order valence-electron chi connectivity index (χ3n) is 14.3. The zero-order valence-corrected chi connectivity index (χ0v) is 45.4. The molecule has 0 aromatic heterocycles. The zero-order valence-electron chi connectivity index (χ0n) is 45.4. The quantitative estimate of drug-likeness (QED) is 0.0321. The molecule has 0 fully saturated rings. The summed E-state index contributed by atoms with van der Waals surface area (Å²) in [6.45, 7) is 4.95. The summed E-state index contributed by atoms with van der Waals surface area (Å²) in [5, 5.41) is 23.3. The minimum absolute atomic E-state index is 0.00256. The maximum atomic E-state index is 12.5. The van der Waals surface area contributed by atoms with E-state index in [1.165, 1.54) is 263 Å². The minimum Gasteiger partial charge on any atom is -0.466 e. The number of carbonyl (C=O) groups excluding carboxylic acids is 2. The molecule has 398 valence electrons. The Morgan fingerprint density at radius 3 is 1.09 bits per heavy atom. The van der Waals surface area contributed by atoms with Crippen LogP contribution in [0.2, 0.25) is 0 Å². The first kappa shape index (κ1) is 65.6. The van der Waals surface area contributed by atoms with Gasteiger partial charge in [0.15, 0.2) is 0 Å². The van der Waals surface area contributed by atoms with Crippen LogP contribution in [0.3, 0.4) is 0 Å². The van der Waals surface area contributed by atoms with Crippen LogP contribution in [0, 0.1) is 0 Å². The Balaban J connectivity index is 3.39. The van der Waals surface area contributed by atoms with Crippen molar-refractivity contribution >= 4 is 11.9 Å². The Hall–Kier alpha value is -1.40. The summed E-state index contributed by atoms with van der Waals surface area (Å²) in [7, 11) is 0. The van der Waals surface area contributed by atoms with Crippen LogP contribution in [-0.4, -0.2) is 47.4 Å².